The molecule has 0 saturated carbocycles. The van der Waals surface area contributed by atoms with Crippen molar-refractivity contribution in [2.24, 2.45) is 0 Å². The number of rotatable bonds is 7. The van der Waals surface area contributed by atoms with Crippen molar-refractivity contribution in [1.29, 1.82) is 0 Å². The molecule has 1 fully saturated rings. The van der Waals surface area contributed by atoms with Crippen LogP contribution < -0.4 is 4.90 Å². The van der Waals surface area contributed by atoms with E-state index in [2.05, 4.69) is 0 Å². The van der Waals surface area contributed by atoms with Gasteiger partial charge in [0.25, 0.3) is 0 Å². The van der Waals surface area contributed by atoms with Crippen LogP contribution in [0.1, 0.15) is 30.7 Å². The molecule has 0 radical (unpaired) electrons. The fourth-order valence-corrected chi connectivity index (χ4v) is 4.81. The number of anilines is 1. The highest BCUT2D eigenvalue weighted by atomic mass is 19.1. The Morgan fingerprint density at radius 2 is 1.74 bits per heavy atom. The minimum absolute atomic E-state index is 0.0312. The monoisotopic (exact) mass is 470 g/mol. The summed E-state index contributed by atoms with van der Waals surface area (Å²) in [5, 5.41) is 0. The molecule has 2 amide bonds. The molecule has 4 aromatic rings. The average Bonchev–Trinajstić information content (AvgIpc) is 3.42. The first kappa shape index (κ1) is 22.8. The molecule has 178 valence electrons. The van der Waals surface area contributed by atoms with Gasteiger partial charge in [0.15, 0.2) is 0 Å². The van der Waals surface area contributed by atoms with Crippen LogP contribution in [0.3, 0.4) is 0 Å². The van der Waals surface area contributed by atoms with Gasteiger partial charge in [0, 0.05) is 37.7 Å². The lowest BCUT2D eigenvalue weighted by Crippen LogP contribution is -2.34. The Morgan fingerprint density at radius 1 is 1.03 bits per heavy atom. The number of para-hydroxylation sites is 3. The van der Waals surface area contributed by atoms with Crippen molar-refractivity contribution in [3.05, 3.63) is 96.1 Å². The third kappa shape index (κ3) is 4.67. The highest BCUT2D eigenvalue weighted by Crippen LogP contribution is 2.31. The van der Waals surface area contributed by atoms with E-state index in [1.54, 1.807) is 21.9 Å². The molecule has 1 atom stereocenters. The van der Waals surface area contributed by atoms with Gasteiger partial charge in [-0.05, 0) is 48.9 Å². The van der Waals surface area contributed by atoms with E-state index >= 15 is 0 Å². The molecule has 3 aromatic carbocycles. The number of fused-ring (bicyclic) bond motifs is 1. The van der Waals surface area contributed by atoms with Crippen molar-refractivity contribution in [1.82, 2.24) is 14.5 Å². The summed E-state index contributed by atoms with van der Waals surface area (Å²) >= 11 is 0. The average molecular weight is 471 g/mol. The van der Waals surface area contributed by atoms with Crippen LogP contribution in [0, 0.1) is 5.82 Å². The summed E-state index contributed by atoms with van der Waals surface area (Å²) in [4.78, 5) is 34.7. The number of nitrogens with zero attached hydrogens (tertiary/aromatic N) is 4. The number of halogens is 1. The summed E-state index contributed by atoms with van der Waals surface area (Å²) in [6.07, 6.45) is 0.328. The van der Waals surface area contributed by atoms with Crippen LogP contribution in [0.5, 0.6) is 0 Å². The number of likely N-dealkylation sites (tertiary alicyclic amines) is 1. The number of carbonyl (C=O) groups excluding carboxylic acids is 2. The topological polar surface area (TPSA) is 58.4 Å². The Labute approximate surface area is 203 Å². The van der Waals surface area contributed by atoms with Gasteiger partial charge in [0.2, 0.25) is 11.8 Å². The molecule has 2 heterocycles. The molecular formula is C28H27FN4O2. The lowest BCUT2D eigenvalue weighted by Gasteiger charge is -2.23. The van der Waals surface area contributed by atoms with E-state index in [9.17, 15) is 14.0 Å². The standard InChI is InChI=1S/C28H27FN4O2/c1-2-32(23-8-4-3-5-9-23)27(35)19-33-25-11-7-6-10-24(25)30-28(33)21-16-26(34)31(18-21)17-20-12-14-22(29)15-13-20/h3-15,21H,2,16-19H2,1H3/t21-/m1/s1. The second-order valence-corrected chi connectivity index (χ2v) is 8.82. The number of benzene rings is 3. The van der Waals surface area contributed by atoms with Gasteiger partial charge >= 0.3 is 0 Å². The second kappa shape index (κ2) is 9.70. The number of hydrogen-bond acceptors (Lipinski definition) is 3. The fraction of sp³-hybridized carbons (Fsp3) is 0.250. The number of carbonyl (C=O) groups is 2. The third-order valence-corrected chi connectivity index (χ3v) is 6.53. The maximum absolute atomic E-state index is 13.4. The summed E-state index contributed by atoms with van der Waals surface area (Å²) in [6, 6.07) is 23.6. The SMILES string of the molecule is CCN(C(=O)Cn1c([C@@H]2CC(=O)N(Cc3ccc(F)cc3)C2)nc2ccccc21)c1ccccc1. The van der Waals surface area contributed by atoms with Gasteiger partial charge in [-0.3, -0.25) is 9.59 Å². The van der Waals surface area contributed by atoms with Gasteiger partial charge in [-0.2, -0.15) is 0 Å². The Hall–Kier alpha value is -4.00. The van der Waals surface area contributed by atoms with Crippen LogP contribution in [-0.4, -0.2) is 39.4 Å². The van der Waals surface area contributed by atoms with Gasteiger partial charge in [-0.1, -0.05) is 42.5 Å². The van der Waals surface area contributed by atoms with Crippen molar-refractivity contribution < 1.29 is 14.0 Å². The number of hydrogen-bond donors (Lipinski definition) is 0. The van der Waals surface area contributed by atoms with Crippen molar-refractivity contribution in [2.75, 3.05) is 18.0 Å². The molecule has 0 N–H and O–H groups in total. The van der Waals surface area contributed by atoms with Gasteiger partial charge in [-0.25, -0.2) is 9.37 Å². The van der Waals surface area contributed by atoms with Crippen LogP contribution in [0.4, 0.5) is 10.1 Å². The smallest absolute Gasteiger partial charge is 0.246 e. The predicted molar refractivity (Wildman–Crippen MR) is 133 cm³/mol. The number of aromatic nitrogens is 2. The largest absolute Gasteiger partial charge is 0.338 e. The molecule has 0 spiro atoms. The highest BCUT2D eigenvalue weighted by molar-refractivity contribution is 5.94. The zero-order chi connectivity index (χ0) is 24.4. The first-order chi connectivity index (χ1) is 17.0. The molecule has 1 saturated heterocycles. The maximum atomic E-state index is 13.4. The number of imidazole rings is 1. The molecule has 1 aliphatic rings. The minimum atomic E-state index is -0.297. The molecule has 1 aromatic heterocycles. The second-order valence-electron chi connectivity index (χ2n) is 8.82. The van der Waals surface area contributed by atoms with E-state index in [0.717, 1.165) is 28.1 Å². The molecule has 6 nitrogen and oxygen atoms in total. The molecule has 7 heteroatoms. The summed E-state index contributed by atoms with van der Waals surface area (Å²) in [5.41, 5.74) is 3.42. The molecule has 1 aliphatic heterocycles. The van der Waals surface area contributed by atoms with Gasteiger partial charge in [0.1, 0.15) is 18.2 Å². The normalized spacial score (nSPS) is 15.7. The summed E-state index contributed by atoms with van der Waals surface area (Å²) < 4.78 is 15.2. The van der Waals surface area contributed by atoms with Crippen molar-refractivity contribution in [3.8, 4) is 0 Å². The van der Waals surface area contributed by atoms with E-state index in [1.165, 1.54) is 12.1 Å². The van der Waals surface area contributed by atoms with Crippen molar-refractivity contribution in [3.63, 3.8) is 0 Å². The molecule has 0 aliphatic carbocycles. The van der Waals surface area contributed by atoms with Crippen LogP contribution in [-0.2, 0) is 22.7 Å². The maximum Gasteiger partial charge on any atom is 0.246 e. The van der Waals surface area contributed by atoms with E-state index in [4.69, 9.17) is 4.98 Å². The number of likely N-dealkylation sites (N-methyl/N-ethyl adjacent to an activating group) is 1. The fourth-order valence-electron chi connectivity index (χ4n) is 4.81. The quantitative estimate of drug-likeness (QED) is 0.392. The number of amides is 2. The van der Waals surface area contributed by atoms with E-state index in [-0.39, 0.29) is 30.1 Å². The predicted octanol–water partition coefficient (Wildman–Crippen LogP) is 4.74. The third-order valence-electron chi connectivity index (χ3n) is 6.53. The highest BCUT2D eigenvalue weighted by Gasteiger charge is 2.34. The van der Waals surface area contributed by atoms with Crippen LogP contribution in [0.15, 0.2) is 78.9 Å². The van der Waals surface area contributed by atoms with E-state index in [0.29, 0.717) is 26.1 Å². The Morgan fingerprint density at radius 3 is 2.49 bits per heavy atom. The molecule has 35 heavy (non-hydrogen) atoms. The summed E-state index contributed by atoms with van der Waals surface area (Å²) in [7, 11) is 0. The van der Waals surface area contributed by atoms with Crippen LogP contribution in [0.25, 0.3) is 11.0 Å². The Balaban J connectivity index is 1.42. The zero-order valence-corrected chi connectivity index (χ0v) is 19.6. The first-order valence-corrected chi connectivity index (χ1v) is 11.9. The molecule has 0 bridgehead atoms. The molecule has 5 rings (SSSR count). The molecular weight excluding hydrogens is 443 g/mol. The molecule has 0 unspecified atom stereocenters. The van der Waals surface area contributed by atoms with Gasteiger partial charge in [-0.15, -0.1) is 0 Å². The lowest BCUT2D eigenvalue weighted by molar-refractivity contribution is -0.128. The van der Waals surface area contributed by atoms with Crippen molar-refractivity contribution >= 4 is 28.5 Å². The van der Waals surface area contributed by atoms with Gasteiger partial charge in [0.05, 0.1) is 11.0 Å². The first-order valence-electron chi connectivity index (χ1n) is 11.9. The lowest BCUT2D eigenvalue weighted by atomic mass is 10.1. The summed E-state index contributed by atoms with van der Waals surface area (Å²) in [6.45, 7) is 3.58. The van der Waals surface area contributed by atoms with Crippen molar-refractivity contribution in [2.45, 2.75) is 32.4 Å². The minimum Gasteiger partial charge on any atom is -0.338 e. The Bertz CT molecular complexity index is 1350. The van der Waals surface area contributed by atoms with E-state index in [1.807, 2.05) is 66.1 Å². The van der Waals surface area contributed by atoms with E-state index < -0.39 is 0 Å². The Kier molecular flexibility index (Phi) is 6.31. The summed E-state index contributed by atoms with van der Waals surface area (Å²) in [5.74, 6) is 0.322. The van der Waals surface area contributed by atoms with Gasteiger partial charge < -0.3 is 14.4 Å². The van der Waals surface area contributed by atoms with Crippen LogP contribution >= 0.6 is 0 Å². The zero-order valence-electron chi connectivity index (χ0n) is 19.6. The van der Waals surface area contributed by atoms with Crippen LogP contribution in [0.2, 0.25) is 0 Å².